The number of carbonyl (C=O) groups is 4. The fraction of sp³-hybridized carbons (Fsp3) is 0.667. The predicted octanol–water partition coefficient (Wildman–Crippen LogP) is 2.08. The first-order valence-electron chi connectivity index (χ1n) is 8.69. The Bertz CT molecular complexity index is 657. The highest BCUT2D eigenvalue weighted by Crippen LogP contribution is 2.06. The smallest absolute Gasteiger partial charge is 0.408 e. The standard InChI is InChI=1S/C9H14N2O4.C7H13NO4.C2H2BrN/c1-9(2,3)15-8(13)11-6-7(12)14-5-4-10;1-7(2,3)12-6(11)8-4-5(9)10;3-1-2-4/h5-6H2,1-3H3,(H,11,13);4H2,1-3H3,(H,8,11)(H,9,10);1H2. The lowest BCUT2D eigenvalue weighted by Gasteiger charge is -2.19. The van der Waals surface area contributed by atoms with Gasteiger partial charge in [-0.3, -0.25) is 9.59 Å². The van der Waals surface area contributed by atoms with Crippen LogP contribution in [0.4, 0.5) is 9.59 Å². The number of nitrogens with zero attached hydrogens (tertiary/aromatic N) is 2. The maximum atomic E-state index is 11.0. The van der Waals surface area contributed by atoms with Gasteiger partial charge in [0.15, 0.2) is 6.61 Å². The van der Waals surface area contributed by atoms with E-state index in [9.17, 15) is 19.2 Å². The van der Waals surface area contributed by atoms with E-state index >= 15 is 0 Å². The Labute approximate surface area is 189 Å². The molecule has 0 saturated carbocycles. The van der Waals surface area contributed by atoms with Gasteiger partial charge in [0.25, 0.3) is 0 Å². The van der Waals surface area contributed by atoms with Crippen LogP contribution in [0.25, 0.3) is 0 Å². The second kappa shape index (κ2) is 17.8. The first-order valence-corrected chi connectivity index (χ1v) is 9.81. The zero-order valence-corrected chi connectivity index (χ0v) is 20.0. The Balaban J connectivity index is -0.000000438. The van der Waals surface area contributed by atoms with Crippen LogP contribution in [-0.4, -0.2) is 65.5 Å². The van der Waals surface area contributed by atoms with Crippen molar-refractivity contribution in [2.45, 2.75) is 52.7 Å². The number of carboxylic acid groups (broad SMARTS) is 1. The van der Waals surface area contributed by atoms with Gasteiger partial charge in [-0.05, 0) is 41.5 Å². The van der Waals surface area contributed by atoms with Crippen LogP contribution in [0.3, 0.4) is 0 Å². The summed E-state index contributed by atoms with van der Waals surface area (Å²) < 4.78 is 14.0. The van der Waals surface area contributed by atoms with Crippen molar-refractivity contribution >= 4 is 40.1 Å². The van der Waals surface area contributed by atoms with Crippen LogP contribution >= 0.6 is 15.9 Å². The molecular formula is C18H29BrN4O8. The summed E-state index contributed by atoms with van der Waals surface area (Å²) in [4.78, 5) is 42.6. The van der Waals surface area contributed by atoms with Gasteiger partial charge in [0.2, 0.25) is 0 Å². The summed E-state index contributed by atoms with van der Waals surface area (Å²) in [5.41, 5.74) is -1.21. The molecule has 0 spiro atoms. The number of carboxylic acids is 1. The van der Waals surface area contributed by atoms with E-state index in [1.807, 2.05) is 6.07 Å². The lowest BCUT2D eigenvalue weighted by atomic mass is 10.2. The van der Waals surface area contributed by atoms with Crippen molar-refractivity contribution in [3.63, 3.8) is 0 Å². The van der Waals surface area contributed by atoms with Crippen LogP contribution in [0.2, 0.25) is 0 Å². The second-order valence-electron chi connectivity index (χ2n) is 7.22. The van der Waals surface area contributed by atoms with Crippen molar-refractivity contribution in [3.8, 4) is 12.1 Å². The number of alkyl halides is 1. The van der Waals surface area contributed by atoms with Gasteiger partial charge < -0.3 is 30.0 Å². The van der Waals surface area contributed by atoms with Crippen molar-refractivity contribution in [1.82, 2.24) is 10.6 Å². The van der Waals surface area contributed by atoms with Crippen LogP contribution < -0.4 is 10.6 Å². The minimum Gasteiger partial charge on any atom is -0.480 e. The molecule has 0 aromatic carbocycles. The SMILES string of the molecule is CC(C)(C)OC(=O)NCC(=O)O.CC(C)(C)OC(=O)NCC(=O)OCC#N.N#CCBr. The van der Waals surface area contributed by atoms with Crippen molar-refractivity contribution in [2.75, 3.05) is 25.0 Å². The van der Waals surface area contributed by atoms with E-state index in [-0.39, 0.29) is 13.2 Å². The van der Waals surface area contributed by atoms with E-state index in [4.69, 9.17) is 25.1 Å². The number of halogens is 1. The minimum atomic E-state index is -1.10. The first-order chi connectivity index (χ1) is 14.1. The van der Waals surface area contributed by atoms with Gasteiger partial charge in [-0.25, -0.2) is 9.59 Å². The zero-order chi connectivity index (χ0) is 25.1. The number of nitrogens with one attached hydrogen (secondary N) is 2. The van der Waals surface area contributed by atoms with Crippen LogP contribution in [0, 0.1) is 22.7 Å². The molecule has 3 N–H and O–H groups in total. The van der Waals surface area contributed by atoms with E-state index in [1.54, 1.807) is 47.6 Å². The third-order valence-electron chi connectivity index (χ3n) is 1.92. The molecule has 0 aliphatic rings. The van der Waals surface area contributed by atoms with Crippen molar-refractivity contribution in [3.05, 3.63) is 0 Å². The Morgan fingerprint density at radius 2 is 1.26 bits per heavy atom. The van der Waals surface area contributed by atoms with E-state index in [0.717, 1.165) is 0 Å². The summed E-state index contributed by atoms with van der Waals surface area (Å²) in [6, 6.07) is 3.48. The Morgan fingerprint density at radius 1 is 0.871 bits per heavy atom. The maximum absolute atomic E-state index is 11.0. The molecule has 0 aliphatic carbocycles. The van der Waals surface area contributed by atoms with Crippen molar-refractivity contribution in [1.29, 1.82) is 10.5 Å². The number of rotatable bonds is 5. The van der Waals surface area contributed by atoms with Gasteiger partial charge >= 0.3 is 24.1 Å². The largest absolute Gasteiger partial charge is 0.480 e. The number of hydrogen-bond acceptors (Lipinski definition) is 9. The molecule has 176 valence electrons. The summed E-state index contributed by atoms with van der Waals surface area (Å²) in [7, 11) is 0. The fourth-order valence-electron chi connectivity index (χ4n) is 1.08. The minimum absolute atomic E-state index is 0.309. The third-order valence-corrected chi connectivity index (χ3v) is 2.17. The molecule has 31 heavy (non-hydrogen) atoms. The van der Waals surface area contributed by atoms with Gasteiger partial charge in [-0.2, -0.15) is 10.5 Å². The summed E-state index contributed by atoms with van der Waals surface area (Å²) in [6.45, 7) is 9.18. The molecule has 0 bridgehead atoms. The summed E-state index contributed by atoms with van der Waals surface area (Å²) >= 11 is 2.89. The molecule has 0 aliphatic heterocycles. The molecule has 0 fully saturated rings. The zero-order valence-electron chi connectivity index (χ0n) is 18.4. The number of hydrogen-bond donors (Lipinski definition) is 3. The molecule has 12 nitrogen and oxygen atoms in total. The molecule has 0 heterocycles. The monoisotopic (exact) mass is 508 g/mol. The number of ether oxygens (including phenoxy) is 3. The molecule has 0 unspecified atom stereocenters. The molecule has 0 aromatic heterocycles. The van der Waals surface area contributed by atoms with Gasteiger partial charge in [-0.1, -0.05) is 15.9 Å². The molecule has 0 atom stereocenters. The summed E-state index contributed by atoms with van der Waals surface area (Å²) in [5, 5.41) is 28.6. The Hall–Kier alpha value is -3.06. The van der Waals surface area contributed by atoms with Gasteiger partial charge in [-0.15, -0.1) is 0 Å². The van der Waals surface area contributed by atoms with Crippen molar-refractivity contribution < 1.29 is 38.5 Å². The average Bonchev–Trinajstić information content (AvgIpc) is 2.61. The molecule has 2 amide bonds. The second-order valence-corrected chi connectivity index (χ2v) is 7.78. The van der Waals surface area contributed by atoms with E-state index in [2.05, 4.69) is 31.3 Å². The molecule has 13 heteroatoms. The van der Waals surface area contributed by atoms with E-state index in [0.29, 0.717) is 5.33 Å². The Morgan fingerprint density at radius 3 is 1.55 bits per heavy atom. The lowest BCUT2D eigenvalue weighted by molar-refractivity contribution is -0.141. The Kier molecular flexibility index (Phi) is 18.7. The van der Waals surface area contributed by atoms with Gasteiger partial charge in [0.05, 0.1) is 11.4 Å². The number of carbonyl (C=O) groups excluding carboxylic acids is 3. The van der Waals surface area contributed by atoms with Crippen LogP contribution in [0.15, 0.2) is 0 Å². The fourth-order valence-corrected chi connectivity index (χ4v) is 1.08. The molecule has 0 radical (unpaired) electrons. The highest BCUT2D eigenvalue weighted by Gasteiger charge is 2.17. The molecule has 0 aromatic rings. The van der Waals surface area contributed by atoms with Gasteiger partial charge in [0.1, 0.15) is 30.4 Å². The maximum Gasteiger partial charge on any atom is 0.408 e. The molecular weight excluding hydrogens is 480 g/mol. The normalized spacial score (nSPS) is 9.58. The quantitative estimate of drug-likeness (QED) is 0.281. The van der Waals surface area contributed by atoms with Crippen LogP contribution in [0.5, 0.6) is 0 Å². The lowest BCUT2D eigenvalue weighted by Crippen LogP contribution is -2.36. The number of esters is 1. The van der Waals surface area contributed by atoms with Crippen molar-refractivity contribution in [2.24, 2.45) is 0 Å². The first kappa shape index (κ1) is 32.6. The highest BCUT2D eigenvalue weighted by molar-refractivity contribution is 9.09. The predicted molar refractivity (Wildman–Crippen MR) is 112 cm³/mol. The van der Waals surface area contributed by atoms with Crippen LogP contribution in [-0.2, 0) is 23.8 Å². The molecule has 0 saturated heterocycles. The average molecular weight is 509 g/mol. The van der Waals surface area contributed by atoms with Gasteiger partial charge in [0, 0.05) is 0 Å². The highest BCUT2D eigenvalue weighted by atomic mass is 79.9. The number of nitriles is 2. The topological polar surface area (TPSA) is 188 Å². The number of alkyl carbamates (subject to hydrolysis) is 2. The van der Waals surface area contributed by atoms with E-state index in [1.165, 1.54) is 0 Å². The summed E-state index contributed by atoms with van der Waals surface area (Å²) in [5.74, 6) is -1.77. The van der Waals surface area contributed by atoms with Crippen LogP contribution in [0.1, 0.15) is 41.5 Å². The number of amides is 2. The summed E-state index contributed by atoms with van der Waals surface area (Å²) in [6.07, 6.45) is -1.42. The third kappa shape index (κ3) is 34.8. The van der Waals surface area contributed by atoms with E-state index < -0.39 is 41.9 Å². The molecule has 0 rings (SSSR count). The number of aliphatic carboxylic acids is 1.